The largest absolute Gasteiger partial charge is 0.330 e. The number of nitrogens with two attached hydrogens (primary N) is 1. The summed E-state index contributed by atoms with van der Waals surface area (Å²) in [6, 6.07) is 7.23. The van der Waals surface area contributed by atoms with Crippen LogP contribution in [0.3, 0.4) is 0 Å². The van der Waals surface area contributed by atoms with Crippen LogP contribution in [-0.2, 0) is 6.42 Å². The second-order valence-electron chi connectivity index (χ2n) is 4.18. The Kier molecular flexibility index (Phi) is 3.34. The Morgan fingerprint density at radius 1 is 1.47 bits per heavy atom. The summed E-state index contributed by atoms with van der Waals surface area (Å²) < 4.78 is 13.0. The summed E-state index contributed by atoms with van der Waals surface area (Å²) in [7, 11) is 0. The normalized spacial score (nSPS) is 25.7. The zero-order valence-corrected chi connectivity index (χ0v) is 8.75. The smallest absolute Gasteiger partial charge is 0.123 e. The summed E-state index contributed by atoms with van der Waals surface area (Å²) in [5.74, 6) is 0.378. The molecule has 0 bridgehead atoms. The summed E-state index contributed by atoms with van der Waals surface area (Å²) in [5.41, 5.74) is 6.74. The van der Waals surface area contributed by atoms with Gasteiger partial charge in [0.25, 0.3) is 0 Å². The molecule has 2 rings (SSSR count). The van der Waals surface area contributed by atoms with E-state index in [1.807, 2.05) is 6.07 Å². The molecule has 1 aliphatic heterocycles. The maximum atomic E-state index is 13.0. The molecule has 0 aromatic heterocycles. The number of hydrogen-bond acceptors (Lipinski definition) is 2. The first kappa shape index (κ1) is 10.6. The predicted molar refractivity (Wildman–Crippen MR) is 59.1 cm³/mol. The monoisotopic (exact) mass is 208 g/mol. The van der Waals surface area contributed by atoms with Crippen molar-refractivity contribution in [1.29, 1.82) is 0 Å². The molecule has 2 atom stereocenters. The van der Waals surface area contributed by atoms with Crippen LogP contribution < -0.4 is 11.1 Å². The molecule has 1 aliphatic rings. The molecule has 1 heterocycles. The van der Waals surface area contributed by atoms with Crippen molar-refractivity contribution in [3.05, 3.63) is 35.6 Å². The van der Waals surface area contributed by atoms with Gasteiger partial charge in [0.2, 0.25) is 0 Å². The molecule has 0 radical (unpaired) electrons. The van der Waals surface area contributed by atoms with Gasteiger partial charge in [-0.25, -0.2) is 4.39 Å². The summed E-state index contributed by atoms with van der Waals surface area (Å²) in [4.78, 5) is 0. The van der Waals surface area contributed by atoms with Crippen molar-refractivity contribution in [2.45, 2.75) is 18.9 Å². The van der Waals surface area contributed by atoms with E-state index in [0.29, 0.717) is 18.5 Å². The maximum Gasteiger partial charge on any atom is 0.123 e. The van der Waals surface area contributed by atoms with Crippen molar-refractivity contribution in [3.63, 3.8) is 0 Å². The van der Waals surface area contributed by atoms with Crippen LogP contribution in [0.25, 0.3) is 0 Å². The van der Waals surface area contributed by atoms with Gasteiger partial charge in [0.05, 0.1) is 0 Å². The third-order valence-electron chi connectivity index (χ3n) is 3.14. The van der Waals surface area contributed by atoms with Gasteiger partial charge < -0.3 is 11.1 Å². The molecule has 0 spiro atoms. The van der Waals surface area contributed by atoms with Gasteiger partial charge in [-0.3, -0.25) is 0 Å². The molecule has 0 amide bonds. The maximum absolute atomic E-state index is 13.0. The van der Waals surface area contributed by atoms with Crippen LogP contribution in [0.1, 0.15) is 12.0 Å². The van der Waals surface area contributed by atoms with Gasteiger partial charge in [-0.1, -0.05) is 12.1 Å². The average molecular weight is 208 g/mol. The van der Waals surface area contributed by atoms with Gasteiger partial charge in [-0.15, -0.1) is 0 Å². The first-order valence-corrected chi connectivity index (χ1v) is 5.47. The van der Waals surface area contributed by atoms with Gasteiger partial charge >= 0.3 is 0 Å². The molecule has 2 unspecified atom stereocenters. The van der Waals surface area contributed by atoms with Gasteiger partial charge in [0.15, 0.2) is 0 Å². The van der Waals surface area contributed by atoms with Crippen LogP contribution in [0.2, 0.25) is 0 Å². The second-order valence-corrected chi connectivity index (χ2v) is 4.18. The molecule has 1 aromatic rings. The minimum absolute atomic E-state index is 0.158. The molecule has 3 heteroatoms. The Hall–Kier alpha value is -0.930. The lowest BCUT2D eigenvalue weighted by atomic mass is 9.95. The lowest BCUT2D eigenvalue weighted by Gasteiger charge is -2.17. The molecule has 0 saturated carbocycles. The highest BCUT2D eigenvalue weighted by Crippen LogP contribution is 2.18. The van der Waals surface area contributed by atoms with E-state index in [0.717, 1.165) is 24.9 Å². The van der Waals surface area contributed by atoms with Gasteiger partial charge in [0.1, 0.15) is 5.82 Å². The quantitative estimate of drug-likeness (QED) is 0.786. The number of hydrogen-bond donors (Lipinski definition) is 2. The Bertz CT molecular complexity index is 327. The van der Waals surface area contributed by atoms with E-state index in [4.69, 9.17) is 5.73 Å². The van der Waals surface area contributed by atoms with Crippen LogP contribution in [0.5, 0.6) is 0 Å². The van der Waals surface area contributed by atoms with Crippen LogP contribution >= 0.6 is 0 Å². The van der Waals surface area contributed by atoms with Crippen LogP contribution in [0, 0.1) is 11.7 Å². The summed E-state index contributed by atoms with van der Waals surface area (Å²) in [6.07, 6.45) is 2.01. The molecule has 2 nitrogen and oxygen atoms in total. The van der Waals surface area contributed by atoms with E-state index in [1.54, 1.807) is 12.1 Å². The van der Waals surface area contributed by atoms with Crippen LogP contribution in [0.4, 0.5) is 4.39 Å². The molecular formula is C12H17FN2. The van der Waals surface area contributed by atoms with Crippen LogP contribution in [-0.4, -0.2) is 19.1 Å². The molecule has 1 aromatic carbocycles. The fourth-order valence-corrected chi connectivity index (χ4v) is 2.26. The molecule has 3 N–H and O–H groups in total. The van der Waals surface area contributed by atoms with Crippen molar-refractivity contribution in [1.82, 2.24) is 5.32 Å². The van der Waals surface area contributed by atoms with Crippen molar-refractivity contribution in [2.24, 2.45) is 11.7 Å². The Balaban J connectivity index is 2.02. The number of halogens is 1. The minimum Gasteiger partial charge on any atom is -0.330 e. The van der Waals surface area contributed by atoms with E-state index >= 15 is 0 Å². The Labute approximate surface area is 89.7 Å². The molecular weight excluding hydrogens is 191 g/mol. The molecule has 1 fully saturated rings. The zero-order chi connectivity index (χ0) is 10.7. The van der Waals surface area contributed by atoms with E-state index in [-0.39, 0.29) is 5.82 Å². The first-order valence-electron chi connectivity index (χ1n) is 5.47. The average Bonchev–Trinajstić information content (AvgIpc) is 2.65. The van der Waals surface area contributed by atoms with E-state index < -0.39 is 0 Å². The lowest BCUT2D eigenvalue weighted by Crippen LogP contribution is -2.33. The van der Waals surface area contributed by atoms with E-state index in [2.05, 4.69) is 5.32 Å². The Morgan fingerprint density at radius 2 is 2.33 bits per heavy atom. The molecule has 1 saturated heterocycles. The third-order valence-corrected chi connectivity index (χ3v) is 3.14. The molecule has 15 heavy (non-hydrogen) atoms. The highest BCUT2D eigenvalue weighted by Gasteiger charge is 2.25. The minimum atomic E-state index is -0.158. The highest BCUT2D eigenvalue weighted by atomic mass is 19.1. The van der Waals surface area contributed by atoms with Crippen molar-refractivity contribution < 1.29 is 4.39 Å². The van der Waals surface area contributed by atoms with Gasteiger partial charge in [-0.05, 0) is 49.5 Å². The SMILES string of the molecule is NCC1CCNC1Cc1cccc(F)c1. The fourth-order valence-electron chi connectivity index (χ4n) is 2.26. The highest BCUT2D eigenvalue weighted by molar-refractivity contribution is 5.18. The van der Waals surface area contributed by atoms with Crippen molar-refractivity contribution >= 4 is 0 Å². The number of rotatable bonds is 3. The summed E-state index contributed by atoms with van der Waals surface area (Å²) in [5, 5.41) is 3.42. The van der Waals surface area contributed by atoms with E-state index in [9.17, 15) is 4.39 Å². The standard InChI is InChI=1S/C12H17FN2/c13-11-3-1-2-9(6-11)7-12-10(8-14)4-5-15-12/h1-3,6,10,12,15H,4-5,7-8,14H2. The topological polar surface area (TPSA) is 38.0 Å². The molecule has 0 aliphatic carbocycles. The fraction of sp³-hybridized carbons (Fsp3) is 0.500. The number of benzene rings is 1. The zero-order valence-electron chi connectivity index (χ0n) is 8.75. The van der Waals surface area contributed by atoms with Crippen LogP contribution in [0.15, 0.2) is 24.3 Å². The lowest BCUT2D eigenvalue weighted by molar-refractivity contribution is 0.453. The summed E-state index contributed by atoms with van der Waals surface area (Å²) >= 11 is 0. The third kappa shape index (κ3) is 2.55. The number of nitrogens with one attached hydrogen (secondary N) is 1. The summed E-state index contributed by atoms with van der Waals surface area (Å²) in [6.45, 7) is 1.74. The van der Waals surface area contributed by atoms with E-state index in [1.165, 1.54) is 6.07 Å². The predicted octanol–water partition coefficient (Wildman–Crippen LogP) is 1.30. The van der Waals surface area contributed by atoms with Crippen molar-refractivity contribution in [3.8, 4) is 0 Å². The van der Waals surface area contributed by atoms with Gasteiger partial charge in [-0.2, -0.15) is 0 Å². The second kappa shape index (κ2) is 4.73. The Morgan fingerprint density at radius 3 is 3.07 bits per heavy atom. The van der Waals surface area contributed by atoms with Gasteiger partial charge in [0, 0.05) is 6.04 Å². The molecule has 82 valence electrons. The first-order chi connectivity index (χ1) is 7.29. The van der Waals surface area contributed by atoms with Crippen molar-refractivity contribution in [2.75, 3.05) is 13.1 Å².